The van der Waals surface area contributed by atoms with Crippen LogP contribution in [0.5, 0.6) is 17.2 Å². The number of rotatable bonds is 7. The average Bonchev–Trinajstić information content (AvgIpc) is 2.79. The molecule has 0 unspecified atom stereocenters. The summed E-state index contributed by atoms with van der Waals surface area (Å²) in [6.45, 7) is 0. The normalized spacial score (nSPS) is 10.5. The van der Waals surface area contributed by atoms with Crippen molar-refractivity contribution >= 4 is 34.0 Å². The van der Waals surface area contributed by atoms with Crippen molar-refractivity contribution in [2.75, 3.05) is 14.2 Å². The summed E-state index contributed by atoms with van der Waals surface area (Å²) < 4.78 is 16.4. The van der Waals surface area contributed by atoms with Gasteiger partial charge in [-0.15, -0.1) is 0 Å². The molecule has 0 aromatic heterocycles. The maximum atomic E-state index is 12.4. The standard InChI is InChI=1S/C23H19BrN2O5/c1-29-20-12-9-16(13-21(20)30-2)23(28)31-17-10-7-15(8-11-17)14-25-26-22(27)18-5-3-4-6-19(18)24/h3-14H,1-2H3,(H,26,27)/b25-14+. The van der Waals surface area contributed by atoms with Crippen molar-refractivity contribution in [1.29, 1.82) is 0 Å². The molecule has 0 spiro atoms. The molecule has 0 aliphatic rings. The zero-order valence-electron chi connectivity index (χ0n) is 16.8. The molecule has 0 saturated carbocycles. The number of methoxy groups -OCH3 is 2. The molecule has 8 heteroatoms. The summed E-state index contributed by atoms with van der Waals surface area (Å²) in [5, 5.41) is 3.95. The fourth-order valence-corrected chi connectivity index (χ4v) is 3.09. The van der Waals surface area contributed by atoms with Crippen molar-refractivity contribution in [1.82, 2.24) is 5.43 Å². The van der Waals surface area contributed by atoms with E-state index in [2.05, 4.69) is 26.5 Å². The lowest BCUT2D eigenvalue weighted by Gasteiger charge is -2.09. The summed E-state index contributed by atoms with van der Waals surface area (Å²) in [5.74, 6) is 0.476. The lowest BCUT2D eigenvalue weighted by atomic mass is 10.2. The van der Waals surface area contributed by atoms with Crippen LogP contribution in [0.15, 0.2) is 76.3 Å². The molecule has 0 aliphatic heterocycles. The molecule has 3 aromatic rings. The number of ether oxygens (including phenoxy) is 3. The van der Waals surface area contributed by atoms with Gasteiger partial charge in [0.2, 0.25) is 0 Å². The molecule has 0 bridgehead atoms. The Kier molecular flexibility index (Phi) is 7.40. The van der Waals surface area contributed by atoms with Gasteiger partial charge in [-0.05, 0) is 76.1 Å². The summed E-state index contributed by atoms with van der Waals surface area (Å²) >= 11 is 3.33. The summed E-state index contributed by atoms with van der Waals surface area (Å²) in [7, 11) is 3.01. The van der Waals surface area contributed by atoms with Crippen LogP contribution >= 0.6 is 15.9 Å². The van der Waals surface area contributed by atoms with E-state index >= 15 is 0 Å². The Bertz CT molecular complexity index is 1110. The first-order valence-corrected chi connectivity index (χ1v) is 9.93. The monoisotopic (exact) mass is 482 g/mol. The predicted molar refractivity (Wildman–Crippen MR) is 120 cm³/mol. The predicted octanol–water partition coefficient (Wildman–Crippen LogP) is 4.45. The molecule has 3 rings (SSSR count). The van der Waals surface area contributed by atoms with Crippen LogP contribution in [0, 0.1) is 0 Å². The molecule has 0 saturated heterocycles. The second kappa shape index (κ2) is 10.4. The van der Waals surface area contributed by atoms with Gasteiger partial charge in [0.05, 0.1) is 31.6 Å². The SMILES string of the molecule is COc1ccc(C(=O)Oc2ccc(/C=N/NC(=O)c3ccccc3Br)cc2)cc1OC. The van der Waals surface area contributed by atoms with Gasteiger partial charge in [0.1, 0.15) is 5.75 Å². The molecule has 0 radical (unpaired) electrons. The van der Waals surface area contributed by atoms with Gasteiger partial charge in [-0.2, -0.15) is 5.10 Å². The molecule has 0 aliphatic carbocycles. The van der Waals surface area contributed by atoms with Crippen molar-refractivity contribution in [2.24, 2.45) is 5.10 Å². The summed E-state index contributed by atoms with van der Waals surface area (Å²) in [6.07, 6.45) is 1.49. The lowest BCUT2D eigenvalue weighted by Crippen LogP contribution is -2.18. The van der Waals surface area contributed by atoms with Gasteiger partial charge < -0.3 is 14.2 Å². The fraction of sp³-hybridized carbons (Fsp3) is 0.0870. The Morgan fingerprint density at radius 2 is 1.65 bits per heavy atom. The van der Waals surface area contributed by atoms with E-state index in [4.69, 9.17) is 14.2 Å². The minimum Gasteiger partial charge on any atom is -0.493 e. The fourth-order valence-electron chi connectivity index (χ4n) is 2.62. The van der Waals surface area contributed by atoms with Gasteiger partial charge in [-0.3, -0.25) is 4.79 Å². The smallest absolute Gasteiger partial charge is 0.343 e. The zero-order chi connectivity index (χ0) is 22.2. The number of hydrazone groups is 1. The number of benzene rings is 3. The van der Waals surface area contributed by atoms with E-state index in [0.717, 1.165) is 5.56 Å². The largest absolute Gasteiger partial charge is 0.493 e. The highest BCUT2D eigenvalue weighted by Gasteiger charge is 2.13. The molecule has 0 atom stereocenters. The highest BCUT2D eigenvalue weighted by atomic mass is 79.9. The van der Waals surface area contributed by atoms with Gasteiger partial charge in [0.25, 0.3) is 5.91 Å². The maximum absolute atomic E-state index is 12.4. The van der Waals surface area contributed by atoms with Crippen LogP contribution in [0.2, 0.25) is 0 Å². The molecule has 31 heavy (non-hydrogen) atoms. The zero-order valence-corrected chi connectivity index (χ0v) is 18.4. The third-order valence-electron chi connectivity index (χ3n) is 4.21. The molecular formula is C23H19BrN2O5. The number of nitrogens with one attached hydrogen (secondary N) is 1. The first kappa shape index (κ1) is 22.0. The second-order valence-corrected chi connectivity index (χ2v) is 7.06. The van der Waals surface area contributed by atoms with E-state index in [-0.39, 0.29) is 5.91 Å². The minimum atomic E-state index is -0.525. The van der Waals surface area contributed by atoms with Crippen LogP contribution in [-0.2, 0) is 0 Å². The minimum absolute atomic E-state index is 0.329. The van der Waals surface area contributed by atoms with Gasteiger partial charge >= 0.3 is 5.97 Å². The second-order valence-electron chi connectivity index (χ2n) is 6.21. The number of esters is 1. The number of hydrogen-bond acceptors (Lipinski definition) is 6. The molecule has 0 heterocycles. The Balaban J connectivity index is 1.60. The van der Waals surface area contributed by atoms with Crippen LogP contribution in [0.3, 0.4) is 0 Å². The average molecular weight is 483 g/mol. The number of hydrogen-bond donors (Lipinski definition) is 1. The van der Waals surface area contributed by atoms with Gasteiger partial charge in [0, 0.05) is 4.47 Å². The van der Waals surface area contributed by atoms with Crippen LogP contribution in [0.25, 0.3) is 0 Å². The number of amides is 1. The number of carbonyl (C=O) groups is 2. The first-order chi connectivity index (χ1) is 15.0. The van der Waals surface area contributed by atoms with Gasteiger partial charge in [-0.25, -0.2) is 10.2 Å². The van der Waals surface area contributed by atoms with Crippen molar-refractivity contribution in [3.63, 3.8) is 0 Å². The maximum Gasteiger partial charge on any atom is 0.343 e. The molecule has 1 N–H and O–H groups in total. The van der Waals surface area contributed by atoms with Crippen molar-refractivity contribution in [2.45, 2.75) is 0 Å². The first-order valence-electron chi connectivity index (χ1n) is 9.14. The van der Waals surface area contributed by atoms with E-state index in [9.17, 15) is 9.59 Å². The van der Waals surface area contributed by atoms with Crippen LogP contribution in [-0.4, -0.2) is 32.3 Å². The number of halogens is 1. The van der Waals surface area contributed by atoms with Crippen LogP contribution < -0.4 is 19.6 Å². The molecule has 3 aromatic carbocycles. The molecular weight excluding hydrogens is 464 g/mol. The topological polar surface area (TPSA) is 86.2 Å². The Morgan fingerprint density at radius 3 is 2.32 bits per heavy atom. The Labute approximate surface area is 187 Å². The van der Waals surface area contributed by atoms with Crippen LogP contribution in [0.1, 0.15) is 26.3 Å². The summed E-state index contributed by atoms with van der Waals surface area (Å²) in [6, 6.07) is 18.5. The van der Waals surface area contributed by atoms with E-state index in [0.29, 0.717) is 32.8 Å². The highest BCUT2D eigenvalue weighted by Crippen LogP contribution is 2.28. The number of nitrogens with zero attached hydrogens (tertiary/aromatic N) is 1. The molecule has 0 fully saturated rings. The van der Waals surface area contributed by atoms with Crippen molar-refractivity contribution in [3.8, 4) is 17.2 Å². The molecule has 1 amide bonds. The third kappa shape index (κ3) is 5.70. The molecule has 7 nitrogen and oxygen atoms in total. The van der Waals surface area contributed by atoms with Crippen molar-refractivity contribution < 1.29 is 23.8 Å². The quantitative estimate of drug-likeness (QED) is 0.232. The summed E-state index contributed by atoms with van der Waals surface area (Å²) in [5.41, 5.74) is 4.01. The summed E-state index contributed by atoms with van der Waals surface area (Å²) in [4.78, 5) is 24.5. The van der Waals surface area contributed by atoms with Gasteiger partial charge in [0.15, 0.2) is 11.5 Å². The third-order valence-corrected chi connectivity index (χ3v) is 4.90. The van der Waals surface area contributed by atoms with Gasteiger partial charge in [-0.1, -0.05) is 12.1 Å². The number of carbonyl (C=O) groups excluding carboxylic acids is 2. The van der Waals surface area contributed by atoms with Crippen molar-refractivity contribution in [3.05, 3.63) is 87.9 Å². The Hall–Kier alpha value is -3.65. The van der Waals surface area contributed by atoms with E-state index in [1.807, 2.05) is 6.07 Å². The van der Waals surface area contributed by atoms with E-state index in [1.165, 1.54) is 20.4 Å². The lowest BCUT2D eigenvalue weighted by molar-refractivity contribution is 0.0734. The highest BCUT2D eigenvalue weighted by molar-refractivity contribution is 9.10. The molecule has 158 valence electrons. The Morgan fingerprint density at radius 1 is 0.935 bits per heavy atom. The van der Waals surface area contributed by atoms with E-state index in [1.54, 1.807) is 60.7 Å². The van der Waals surface area contributed by atoms with E-state index < -0.39 is 5.97 Å². The van der Waals surface area contributed by atoms with Crippen LogP contribution in [0.4, 0.5) is 0 Å².